The van der Waals surface area contributed by atoms with Crippen molar-refractivity contribution in [3.05, 3.63) is 35.4 Å². The maximum absolute atomic E-state index is 3.91. The first-order valence-corrected chi connectivity index (χ1v) is 7.19. The van der Waals surface area contributed by atoms with Crippen molar-refractivity contribution in [1.82, 2.24) is 5.32 Å². The van der Waals surface area contributed by atoms with E-state index >= 15 is 0 Å². The highest BCUT2D eigenvalue weighted by atomic mass is 15.0. The predicted octanol–water partition coefficient (Wildman–Crippen LogP) is 3.32. The molecule has 0 bridgehead atoms. The largest absolute Gasteiger partial charge is 0.311 e. The number of fused-ring (bicyclic) bond motifs is 1. The summed E-state index contributed by atoms with van der Waals surface area (Å²) in [6.07, 6.45) is 8.01. The number of aryl methyl sites for hydroxylation is 1. The molecule has 1 nitrogen and oxygen atoms in total. The summed E-state index contributed by atoms with van der Waals surface area (Å²) in [7, 11) is 0. The van der Waals surface area contributed by atoms with Crippen molar-refractivity contribution >= 4 is 0 Å². The second kappa shape index (κ2) is 4.81. The van der Waals surface area contributed by atoms with Crippen LogP contribution in [0.2, 0.25) is 0 Å². The van der Waals surface area contributed by atoms with Crippen molar-refractivity contribution in [1.29, 1.82) is 0 Å². The summed E-state index contributed by atoms with van der Waals surface area (Å²) in [4.78, 5) is 0. The molecule has 17 heavy (non-hydrogen) atoms. The van der Waals surface area contributed by atoms with E-state index in [-0.39, 0.29) is 0 Å². The topological polar surface area (TPSA) is 12.0 Å². The standard InChI is InChI=1S/C16H23N/c1-2-16(13-7-8-13)17-15-10-9-12-5-3-4-6-14(12)11-15/h3-6,13,15-17H,2,7-11H2,1H3. The Morgan fingerprint density at radius 2 is 1.94 bits per heavy atom. The van der Waals surface area contributed by atoms with Gasteiger partial charge in [-0.25, -0.2) is 0 Å². The smallest absolute Gasteiger partial charge is 0.0113 e. The van der Waals surface area contributed by atoms with Crippen LogP contribution in [0.3, 0.4) is 0 Å². The van der Waals surface area contributed by atoms with Gasteiger partial charge in [0.05, 0.1) is 0 Å². The molecule has 2 aliphatic rings. The van der Waals surface area contributed by atoms with Crippen LogP contribution in [-0.4, -0.2) is 12.1 Å². The van der Waals surface area contributed by atoms with Gasteiger partial charge in [-0.1, -0.05) is 31.2 Å². The number of hydrogen-bond acceptors (Lipinski definition) is 1. The summed E-state index contributed by atoms with van der Waals surface area (Å²) in [5.74, 6) is 0.983. The van der Waals surface area contributed by atoms with Gasteiger partial charge in [0.2, 0.25) is 0 Å². The van der Waals surface area contributed by atoms with Crippen LogP contribution in [-0.2, 0) is 12.8 Å². The van der Waals surface area contributed by atoms with E-state index in [9.17, 15) is 0 Å². The molecule has 92 valence electrons. The first-order valence-electron chi connectivity index (χ1n) is 7.19. The van der Waals surface area contributed by atoms with Crippen LogP contribution in [0.1, 0.15) is 43.7 Å². The van der Waals surface area contributed by atoms with Gasteiger partial charge in [0, 0.05) is 12.1 Å². The minimum absolute atomic E-state index is 0.718. The molecule has 2 aliphatic carbocycles. The van der Waals surface area contributed by atoms with E-state index in [2.05, 4.69) is 36.5 Å². The Morgan fingerprint density at radius 1 is 1.18 bits per heavy atom. The molecule has 0 heterocycles. The summed E-state index contributed by atoms with van der Waals surface area (Å²) in [5, 5.41) is 3.91. The second-order valence-corrected chi connectivity index (χ2v) is 5.73. The van der Waals surface area contributed by atoms with E-state index < -0.39 is 0 Å². The summed E-state index contributed by atoms with van der Waals surface area (Å²) in [6, 6.07) is 10.5. The second-order valence-electron chi connectivity index (χ2n) is 5.73. The Bertz CT molecular complexity index is 381. The summed E-state index contributed by atoms with van der Waals surface area (Å²) in [5.41, 5.74) is 3.15. The molecule has 3 rings (SSSR count). The molecule has 1 heteroatoms. The van der Waals surface area contributed by atoms with E-state index in [1.165, 1.54) is 38.5 Å². The van der Waals surface area contributed by atoms with Crippen LogP contribution in [0.25, 0.3) is 0 Å². The lowest BCUT2D eigenvalue weighted by Crippen LogP contribution is -2.42. The molecule has 0 radical (unpaired) electrons. The SMILES string of the molecule is CCC(NC1CCc2ccccc2C1)C1CC1. The highest BCUT2D eigenvalue weighted by Crippen LogP contribution is 2.34. The van der Waals surface area contributed by atoms with E-state index in [1.54, 1.807) is 11.1 Å². The van der Waals surface area contributed by atoms with Crippen LogP contribution >= 0.6 is 0 Å². The molecule has 1 N–H and O–H groups in total. The van der Waals surface area contributed by atoms with Gasteiger partial charge in [0.1, 0.15) is 0 Å². The molecule has 0 spiro atoms. The van der Waals surface area contributed by atoms with Crippen molar-refractivity contribution in [2.45, 2.75) is 57.5 Å². The zero-order valence-electron chi connectivity index (χ0n) is 10.8. The van der Waals surface area contributed by atoms with Gasteiger partial charge in [-0.2, -0.15) is 0 Å². The monoisotopic (exact) mass is 229 g/mol. The third-order valence-electron chi connectivity index (χ3n) is 4.43. The lowest BCUT2D eigenvalue weighted by atomic mass is 9.87. The van der Waals surface area contributed by atoms with E-state index in [0.717, 1.165) is 18.0 Å². The van der Waals surface area contributed by atoms with E-state index in [1.807, 2.05) is 0 Å². The summed E-state index contributed by atoms with van der Waals surface area (Å²) >= 11 is 0. The van der Waals surface area contributed by atoms with Gasteiger partial charge in [0.15, 0.2) is 0 Å². The quantitative estimate of drug-likeness (QED) is 0.835. The van der Waals surface area contributed by atoms with Crippen LogP contribution in [0.15, 0.2) is 24.3 Å². The zero-order chi connectivity index (χ0) is 11.7. The van der Waals surface area contributed by atoms with Crippen molar-refractivity contribution in [3.8, 4) is 0 Å². The number of hydrogen-bond donors (Lipinski definition) is 1. The maximum Gasteiger partial charge on any atom is 0.0113 e. The van der Waals surface area contributed by atoms with Gasteiger partial charge >= 0.3 is 0 Å². The number of nitrogens with one attached hydrogen (secondary N) is 1. The zero-order valence-corrected chi connectivity index (χ0v) is 10.8. The van der Waals surface area contributed by atoms with Crippen LogP contribution in [0.5, 0.6) is 0 Å². The molecule has 2 unspecified atom stereocenters. The fraction of sp³-hybridized carbons (Fsp3) is 0.625. The van der Waals surface area contributed by atoms with Crippen molar-refractivity contribution in [3.63, 3.8) is 0 Å². The molecule has 0 amide bonds. The first kappa shape index (κ1) is 11.3. The van der Waals surface area contributed by atoms with Crippen molar-refractivity contribution in [2.75, 3.05) is 0 Å². The molecule has 1 saturated carbocycles. The van der Waals surface area contributed by atoms with Gasteiger partial charge < -0.3 is 5.32 Å². The Kier molecular flexibility index (Phi) is 3.19. The lowest BCUT2D eigenvalue weighted by Gasteiger charge is -2.29. The van der Waals surface area contributed by atoms with Crippen molar-refractivity contribution < 1.29 is 0 Å². The third kappa shape index (κ3) is 2.55. The van der Waals surface area contributed by atoms with Crippen molar-refractivity contribution in [2.24, 2.45) is 5.92 Å². The fourth-order valence-corrected chi connectivity index (χ4v) is 3.23. The normalized spacial score (nSPS) is 25.4. The minimum Gasteiger partial charge on any atom is -0.311 e. The first-order chi connectivity index (χ1) is 8.36. The lowest BCUT2D eigenvalue weighted by molar-refractivity contribution is 0.359. The molecule has 0 aromatic heterocycles. The van der Waals surface area contributed by atoms with Gasteiger partial charge in [-0.15, -0.1) is 0 Å². The highest BCUT2D eigenvalue weighted by molar-refractivity contribution is 5.30. The van der Waals surface area contributed by atoms with Gasteiger partial charge in [-0.05, 0) is 55.6 Å². The third-order valence-corrected chi connectivity index (χ3v) is 4.43. The molecule has 0 saturated heterocycles. The van der Waals surface area contributed by atoms with Crippen LogP contribution in [0, 0.1) is 5.92 Å². The number of rotatable bonds is 4. The van der Waals surface area contributed by atoms with Gasteiger partial charge in [-0.3, -0.25) is 0 Å². The molecule has 2 atom stereocenters. The maximum atomic E-state index is 3.91. The molecular formula is C16H23N. The number of benzene rings is 1. The molecule has 1 aromatic rings. The van der Waals surface area contributed by atoms with E-state index in [0.29, 0.717) is 0 Å². The Labute approximate surface area is 105 Å². The fourth-order valence-electron chi connectivity index (χ4n) is 3.23. The molecule has 1 aromatic carbocycles. The molecular weight excluding hydrogens is 206 g/mol. The average molecular weight is 229 g/mol. The van der Waals surface area contributed by atoms with E-state index in [4.69, 9.17) is 0 Å². The highest BCUT2D eigenvalue weighted by Gasteiger charge is 2.31. The average Bonchev–Trinajstić information content (AvgIpc) is 3.20. The minimum atomic E-state index is 0.718. The van der Waals surface area contributed by atoms with Crippen LogP contribution < -0.4 is 5.32 Å². The molecule has 0 aliphatic heterocycles. The summed E-state index contributed by atoms with van der Waals surface area (Å²) in [6.45, 7) is 2.33. The Balaban J connectivity index is 1.63. The van der Waals surface area contributed by atoms with Crippen LogP contribution in [0.4, 0.5) is 0 Å². The predicted molar refractivity (Wildman–Crippen MR) is 72.2 cm³/mol. The Morgan fingerprint density at radius 3 is 2.65 bits per heavy atom. The Hall–Kier alpha value is -0.820. The summed E-state index contributed by atoms with van der Waals surface area (Å²) < 4.78 is 0. The molecule has 1 fully saturated rings. The van der Waals surface area contributed by atoms with Gasteiger partial charge in [0.25, 0.3) is 0 Å².